The summed E-state index contributed by atoms with van der Waals surface area (Å²) in [5.74, 6) is -6.03. The van der Waals surface area contributed by atoms with Gasteiger partial charge in [0.25, 0.3) is 0 Å². The van der Waals surface area contributed by atoms with Crippen molar-refractivity contribution in [3.63, 3.8) is 0 Å². The number of nitrogens with zero attached hydrogens (tertiary/aromatic N) is 1. The number of ether oxygens (including phenoxy) is 1. The van der Waals surface area contributed by atoms with Gasteiger partial charge in [-0.15, -0.1) is 0 Å². The summed E-state index contributed by atoms with van der Waals surface area (Å²) in [6.45, 7) is -1.40. The third-order valence-electron chi connectivity index (χ3n) is 6.38. The van der Waals surface area contributed by atoms with Gasteiger partial charge < -0.3 is 4.74 Å². The molecule has 31 heavy (non-hydrogen) atoms. The second kappa shape index (κ2) is 6.90. The Morgan fingerprint density at radius 3 is 1.84 bits per heavy atom. The van der Waals surface area contributed by atoms with Gasteiger partial charge in [0.05, 0.1) is 18.4 Å². The van der Waals surface area contributed by atoms with Crippen LogP contribution < -0.4 is 0 Å². The van der Waals surface area contributed by atoms with Gasteiger partial charge in [0.2, 0.25) is 0 Å². The molecule has 4 aliphatic carbocycles. The lowest BCUT2D eigenvalue weighted by Crippen LogP contribution is -2.56. The van der Waals surface area contributed by atoms with Crippen LogP contribution in [0.15, 0.2) is 0 Å². The number of halogens is 7. The van der Waals surface area contributed by atoms with Gasteiger partial charge >= 0.3 is 42.7 Å². The van der Waals surface area contributed by atoms with Crippen molar-refractivity contribution < 1.29 is 62.3 Å². The van der Waals surface area contributed by atoms with Gasteiger partial charge in [0.1, 0.15) is 0 Å². The van der Waals surface area contributed by atoms with E-state index in [1.54, 1.807) is 0 Å². The van der Waals surface area contributed by atoms with Crippen molar-refractivity contribution in [3.05, 3.63) is 0 Å². The average Bonchev–Trinajstić information content (AvgIpc) is 3.34. The zero-order valence-electron chi connectivity index (χ0n) is 15.3. The number of hydrogen-bond donors (Lipinski definition) is 1. The highest BCUT2D eigenvalue weighted by molar-refractivity contribution is 8.04. The number of rotatable bonds is 8. The summed E-state index contributed by atoms with van der Waals surface area (Å²) in [5, 5.41) is 2.26. The number of hydrogen-bond acceptors (Lipinski definition) is 7. The molecule has 4 bridgehead atoms. The molecule has 0 aromatic heterocycles. The molecular weight excluding hydrogens is 491 g/mol. The van der Waals surface area contributed by atoms with Crippen LogP contribution in [-0.2, 0) is 29.6 Å². The van der Waals surface area contributed by atoms with Crippen LogP contribution in [0.3, 0.4) is 0 Å². The number of sulfonamides is 2. The normalized spacial score (nSPS) is 31.1. The van der Waals surface area contributed by atoms with E-state index in [1.165, 1.54) is 0 Å². The fourth-order valence-corrected chi connectivity index (χ4v) is 7.34. The standard InChI is InChI=1S/C14H16F7NO7S2/c15-12(16,13(17,18)30(25,26)22(24)31(27,28)14(19,20)21)1-2-29-10(23)11-5-7-3-9(11)4-8(7)6-11/h7-9,24H,1-6H2. The SMILES string of the molecule is O=C(OCCC(F)(F)C(F)(F)S(=O)(=O)N(O)S(=O)(=O)C(F)(F)F)C12CC3CC1CC3C2. The molecule has 0 radical (unpaired) electrons. The van der Waals surface area contributed by atoms with Crippen molar-refractivity contribution in [3.8, 4) is 0 Å². The number of esters is 1. The Morgan fingerprint density at radius 1 is 0.968 bits per heavy atom. The summed E-state index contributed by atoms with van der Waals surface area (Å²) in [6, 6.07) is 0. The van der Waals surface area contributed by atoms with E-state index >= 15 is 0 Å². The molecule has 180 valence electrons. The van der Waals surface area contributed by atoms with Gasteiger partial charge in [0, 0.05) is 3.87 Å². The highest BCUT2D eigenvalue weighted by Gasteiger charge is 2.71. The molecule has 0 heterocycles. The van der Waals surface area contributed by atoms with E-state index in [-0.39, 0.29) is 5.92 Å². The van der Waals surface area contributed by atoms with Crippen molar-refractivity contribution in [1.82, 2.24) is 3.87 Å². The van der Waals surface area contributed by atoms with Crippen LogP contribution in [0.1, 0.15) is 32.1 Å². The fraction of sp³-hybridized carbons (Fsp3) is 0.929. The van der Waals surface area contributed by atoms with Gasteiger partial charge in [-0.3, -0.25) is 10.0 Å². The van der Waals surface area contributed by atoms with Gasteiger partial charge in [-0.2, -0.15) is 39.2 Å². The van der Waals surface area contributed by atoms with Crippen molar-refractivity contribution >= 4 is 26.0 Å². The minimum absolute atomic E-state index is 0.0205. The Labute approximate surface area is 171 Å². The monoisotopic (exact) mass is 507 g/mol. The molecule has 4 aliphatic rings. The predicted molar refractivity (Wildman–Crippen MR) is 84.4 cm³/mol. The number of carbonyl (C=O) groups excluding carboxylic acids is 1. The lowest BCUT2D eigenvalue weighted by Gasteiger charge is -2.29. The van der Waals surface area contributed by atoms with Crippen molar-refractivity contribution in [2.45, 2.75) is 48.8 Å². The first-order chi connectivity index (χ1) is 13.8. The van der Waals surface area contributed by atoms with Crippen molar-refractivity contribution in [2.75, 3.05) is 6.61 Å². The Morgan fingerprint density at radius 2 is 1.45 bits per heavy atom. The summed E-state index contributed by atoms with van der Waals surface area (Å²) < 4.78 is 139. The molecule has 2 unspecified atom stereocenters. The topological polar surface area (TPSA) is 118 Å². The first kappa shape index (κ1) is 24.4. The minimum Gasteiger partial charge on any atom is -0.465 e. The maximum absolute atomic E-state index is 13.9. The summed E-state index contributed by atoms with van der Waals surface area (Å²) in [5.41, 5.74) is -7.47. The van der Waals surface area contributed by atoms with Crippen molar-refractivity contribution in [1.29, 1.82) is 0 Å². The molecule has 1 N–H and O–H groups in total. The molecule has 0 spiro atoms. The molecule has 0 saturated heterocycles. The maximum atomic E-state index is 13.9. The summed E-state index contributed by atoms with van der Waals surface area (Å²) in [7, 11) is -14.8. The molecule has 4 fully saturated rings. The third kappa shape index (κ3) is 3.33. The average molecular weight is 507 g/mol. The predicted octanol–water partition coefficient (Wildman–Crippen LogP) is 2.45. The molecule has 17 heteroatoms. The summed E-state index contributed by atoms with van der Waals surface area (Å²) in [4.78, 5) is 12.3. The van der Waals surface area contributed by atoms with E-state index in [0.717, 1.165) is 12.8 Å². The van der Waals surface area contributed by atoms with Gasteiger partial charge in [-0.1, -0.05) is 0 Å². The lowest BCUT2D eigenvalue weighted by molar-refractivity contribution is -0.179. The van der Waals surface area contributed by atoms with Crippen LogP contribution in [0.4, 0.5) is 30.7 Å². The van der Waals surface area contributed by atoms with Crippen LogP contribution in [0, 0.1) is 23.2 Å². The highest BCUT2D eigenvalue weighted by atomic mass is 32.3. The van der Waals surface area contributed by atoms with E-state index in [2.05, 4.69) is 4.74 Å². The Kier molecular flexibility index (Phi) is 5.44. The van der Waals surface area contributed by atoms with Crippen LogP contribution in [0.2, 0.25) is 0 Å². The molecule has 2 atom stereocenters. The molecule has 0 aliphatic heterocycles. The zero-order chi connectivity index (χ0) is 23.8. The Bertz CT molecular complexity index is 965. The molecule has 0 aromatic carbocycles. The Hall–Kier alpha value is -1.20. The van der Waals surface area contributed by atoms with E-state index in [1.807, 2.05) is 0 Å². The van der Waals surface area contributed by atoms with Gasteiger partial charge in [-0.25, -0.2) is 8.42 Å². The van der Waals surface area contributed by atoms with Crippen LogP contribution in [0.5, 0.6) is 0 Å². The highest BCUT2D eigenvalue weighted by Crippen LogP contribution is 2.70. The van der Waals surface area contributed by atoms with Gasteiger partial charge in [0.15, 0.2) is 0 Å². The number of carbonyl (C=O) groups is 1. The van der Waals surface area contributed by atoms with E-state index in [9.17, 15) is 52.4 Å². The summed E-state index contributed by atoms with van der Waals surface area (Å²) >= 11 is 0. The van der Waals surface area contributed by atoms with E-state index in [0.29, 0.717) is 24.7 Å². The summed E-state index contributed by atoms with van der Waals surface area (Å²) in [6.07, 6.45) is 0.296. The molecule has 4 rings (SSSR count). The molecule has 0 amide bonds. The van der Waals surface area contributed by atoms with Crippen LogP contribution in [-0.4, -0.2) is 55.2 Å². The number of alkyl halides is 7. The van der Waals surface area contributed by atoms with Crippen molar-refractivity contribution in [2.24, 2.45) is 23.2 Å². The first-order valence-corrected chi connectivity index (χ1v) is 11.7. The second-order valence-corrected chi connectivity index (χ2v) is 11.8. The lowest BCUT2D eigenvalue weighted by atomic mass is 9.81. The fourth-order valence-electron chi connectivity index (χ4n) is 4.91. The molecular formula is C14H16F7NO7S2. The van der Waals surface area contributed by atoms with Crippen LogP contribution in [0.25, 0.3) is 0 Å². The molecule has 4 saturated carbocycles. The molecule has 8 nitrogen and oxygen atoms in total. The smallest absolute Gasteiger partial charge is 0.465 e. The van der Waals surface area contributed by atoms with E-state index < -0.39 is 65.0 Å². The quantitative estimate of drug-likeness (QED) is 0.305. The van der Waals surface area contributed by atoms with Gasteiger partial charge in [-0.05, 0) is 43.4 Å². The largest absolute Gasteiger partial charge is 0.514 e. The third-order valence-corrected chi connectivity index (χ3v) is 9.92. The maximum Gasteiger partial charge on any atom is 0.514 e. The Balaban J connectivity index is 1.69. The minimum atomic E-state index is -7.46. The second-order valence-electron chi connectivity index (χ2n) is 7.99. The van der Waals surface area contributed by atoms with E-state index in [4.69, 9.17) is 5.21 Å². The zero-order valence-corrected chi connectivity index (χ0v) is 16.9. The molecule has 0 aromatic rings. The first-order valence-electron chi connectivity index (χ1n) is 8.79. The van der Waals surface area contributed by atoms with Crippen LogP contribution >= 0.6 is 0 Å².